The quantitative estimate of drug-likeness (QED) is 0.234. The van der Waals surface area contributed by atoms with E-state index in [4.69, 9.17) is 4.98 Å². The van der Waals surface area contributed by atoms with Gasteiger partial charge in [-0.15, -0.1) is 0 Å². The second-order valence-electron chi connectivity index (χ2n) is 9.95. The summed E-state index contributed by atoms with van der Waals surface area (Å²) in [5, 5.41) is 3.52. The molecule has 0 radical (unpaired) electrons. The fourth-order valence-corrected chi connectivity index (χ4v) is 7.14. The first kappa shape index (κ1) is 28.9. The van der Waals surface area contributed by atoms with E-state index in [2.05, 4.69) is 46.6 Å². The third kappa shape index (κ3) is 5.60. The second kappa shape index (κ2) is 11.3. The number of benzene rings is 1. The lowest BCUT2D eigenvalue weighted by Crippen LogP contribution is -2.32. The van der Waals surface area contributed by atoms with Gasteiger partial charge in [-0.2, -0.15) is 4.31 Å². The van der Waals surface area contributed by atoms with Crippen molar-refractivity contribution in [2.24, 2.45) is 0 Å². The Morgan fingerprint density at radius 1 is 1.25 bits per heavy atom. The molecule has 0 bridgehead atoms. The average molecular weight is 650 g/mol. The summed E-state index contributed by atoms with van der Waals surface area (Å²) in [5.41, 5.74) is 7.96. The van der Waals surface area contributed by atoms with Crippen LogP contribution in [0.1, 0.15) is 35.9 Å². The van der Waals surface area contributed by atoms with E-state index in [1.54, 1.807) is 17.4 Å². The molecule has 1 aliphatic rings. The number of pyridine rings is 1. The molecule has 0 saturated carbocycles. The molecule has 3 N–H and O–H groups in total. The molecule has 0 spiro atoms. The highest BCUT2D eigenvalue weighted by molar-refractivity contribution is 9.10. The highest BCUT2D eigenvalue weighted by Gasteiger charge is 2.31. The Morgan fingerprint density at radius 2 is 2.02 bits per heavy atom. The highest BCUT2D eigenvalue weighted by Crippen LogP contribution is 2.35. The van der Waals surface area contributed by atoms with Crippen molar-refractivity contribution < 1.29 is 17.2 Å². The molecule has 1 saturated heterocycles. The van der Waals surface area contributed by atoms with Gasteiger partial charge in [0, 0.05) is 65.8 Å². The zero-order valence-electron chi connectivity index (χ0n) is 22.6. The molecule has 2 atom stereocenters. The van der Waals surface area contributed by atoms with Crippen LogP contribution in [0, 0.1) is 20.8 Å². The Labute approximate surface area is 244 Å². The van der Waals surface area contributed by atoms with Crippen molar-refractivity contribution in [1.82, 2.24) is 28.5 Å². The van der Waals surface area contributed by atoms with Crippen molar-refractivity contribution >= 4 is 54.1 Å². The standard InChI is InChI=1S/C26H32BrN7O4S2/c1-5-40(37,38)33-9-8-19(14-33)30-23-21(27)13-28-26-24(23)31-25(32-26)20-11-16(3)34(17(20)4)22-7-6-18(10-15(22)2)12-29-39(35)36/h6-7,10-11,13,19,29H,5,8-9,12,14H2,1-4H3,(H,35,36)(H2,28,30,31,32)/p-1/t19-/m0/s1. The maximum absolute atomic E-state index is 12.3. The van der Waals surface area contributed by atoms with E-state index in [0.717, 1.165) is 49.4 Å². The normalized spacial score (nSPS) is 17.1. The summed E-state index contributed by atoms with van der Waals surface area (Å²) in [5.74, 6) is 0.774. The van der Waals surface area contributed by atoms with Crippen LogP contribution in [0.3, 0.4) is 0 Å². The van der Waals surface area contributed by atoms with Gasteiger partial charge in [-0.1, -0.05) is 12.1 Å². The highest BCUT2D eigenvalue weighted by atomic mass is 79.9. The summed E-state index contributed by atoms with van der Waals surface area (Å²) in [6.07, 6.45) is 2.41. The number of fused-ring (bicyclic) bond motifs is 1. The van der Waals surface area contributed by atoms with Gasteiger partial charge in [-0.3, -0.25) is 4.21 Å². The SMILES string of the molecule is CCS(=O)(=O)N1CC[C@H](Nc2c(Br)cnc3nc(-c4cc(C)n(-c5ccc(CNS(=O)[O-])cc5C)c4C)[nH]c23)C1. The molecule has 4 heterocycles. The third-order valence-electron chi connectivity index (χ3n) is 7.31. The Morgan fingerprint density at radius 3 is 2.73 bits per heavy atom. The van der Waals surface area contributed by atoms with E-state index in [-0.39, 0.29) is 18.3 Å². The van der Waals surface area contributed by atoms with Crippen LogP contribution in [0.2, 0.25) is 0 Å². The third-order valence-corrected chi connectivity index (χ3v) is 10.1. The topological polar surface area (TPSA) is 148 Å². The number of halogens is 1. The number of rotatable bonds is 9. The van der Waals surface area contributed by atoms with Crippen molar-refractivity contribution in [1.29, 1.82) is 0 Å². The molecule has 0 amide bonds. The molecule has 1 aromatic carbocycles. The van der Waals surface area contributed by atoms with Crippen molar-refractivity contribution in [3.63, 3.8) is 0 Å². The summed E-state index contributed by atoms with van der Waals surface area (Å²) in [4.78, 5) is 12.8. The van der Waals surface area contributed by atoms with Gasteiger partial charge in [-0.05, 0) is 73.3 Å². The van der Waals surface area contributed by atoms with Crippen LogP contribution in [0.4, 0.5) is 5.69 Å². The number of anilines is 1. The van der Waals surface area contributed by atoms with Gasteiger partial charge < -0.3 is 19.4 Å². The lowest BCUT2D eigenvalue weighted by molar-refractivity contribution is 0.475. The molecule has 0 aliphatic carbocycles. The van der Waals surface area contributed by atoms with Gasteiger partial charge in [0.25, 0.3) is 0 Å². The van der Waals surface area contributed by atoms with Crippen molar-refractivity contribution in [3.8, 4) is 17.1 Å². The van der Waals surface area contributed by atoms with E-state index in [0.29, 0.717) is 31.0 Å². The lowest BCUT2D eigenvalue weighted by Gasteiger charge is -2.17. The molecular weight excluding hydrogens is 618 g/mol. The molecule has 5 rings (SSSR count). The predicted octanol–water partition coefficient (Wildman–Crippen LogP) is 3.82. The van der Waals surface area contributed by atoms with E-state index >= 15 is 0 Å². The van der Waals surface area contributed by atoms with Gasteiger partial charge >= 0.3 is 0 Å². The molecule has 1 fully saturated rings. The molecule has 14 heteroatoms. The molecule has 3 aromatic heterocycles. The van der Waals surface area contributed by atoms with Crippen LogP contribution in [-0.2, 0) is 27.8 Å². The van der Waals surface area contributed by atoms with Gasteiger partial charge in [0.15, 0.2) is 5.65 Å². The predicted molar refractivity (Wildman–Crippen MR) is 159 cm³/mol. The molecule has 1 unspecified atom stereocenters. The number of sulfonamides is 1. The number of imidazole rings is 1. The summed E-state index contributed by atoms with van der Waals surface area (Å²) < 4.78 is 53.3. The first-order valence-corrected chi connectivity index (χ1v) is 16.4. The van der Waals surface area contributed by atoms with Crippen LogP contribution >= 0.6 is 15.9 Å². The Balaban J connectivity index is 1.46. The maximum Gasteiger partial charge on any atom is 0.213 e. The zero-order valence-corrected chi connectivity index (χ0v) is 25.8. The smallest absolute Gasteiger partial charge is 0.213 e. The molecule has 214 valence electrons. The van der Waals surface area contributed by atoms with Gasteiger partial charge in [0.2, 0.25) is 10.0 Å². The monoisotopic (exact) mass is 648 g/mol. The number of aryl methyl sites for hydroxylation is 2. The zero-order chi connectivity index (χ0) is 28.8. The summed E-state index contributed by atoms with van der Waals surface area (Å²) in [6.45, 7) is 8.88. The first-order valence-electron chi connectivity index (χ1n) is 12.9. The van der Waals surface area contributed by atoms with Gasteiger partial charge in [-0.25, -0.2) is 23.1 Å². The Hall–Kier alpha value is -2.62. The van der Waals surface area contributed by atoms with Crippen molar-refractivity contribution in [3.05, 3.63) is 57.4 Å². The summed E-state index contributed by atoms with van der Waals surface area (Å²) in [6, 6.07) is 7.93. The van der Waals surface area contributed by atoms with Crippen LogP contribution in [0.15, 0.2) is 34.9 Å². The van der Waals surface area contributed by atoms with Crippen molar-refractivity contribution in [2.45, 2.75) is 46.7 Å². The first-order chi connectivity index (χ1) is 19.0. The minimum Gasteiger partial charge on any atom is -0.760 e. The van der Waals surface area contributed by atoms with Gasteiger partial charge in [0.1, 0.15) is 11.3 Å². The van der Waals surface area contributed by atoms with Crippen LogP contribution in [0.5, 0.6) is 0 Å². The fourth-order valence-electron chi connectivity index (χ4n) is 5.28. The van der Waals surface area contributed by atoms with E-state index in [9.17, 15) is 17.2 Å². The fraction of sp³-hybridized carbons (Fsp3) is 0.385. The van der Waals surface area contributed by atoms with Crippen LogP contribution < -0.4 is 10.0 Å². The Kier molecular flexibility index (Phi) is 8.19. The van der Waals surface area contributed by atoms with Crippen molar-refractivity contribution in [2.75, 3.05) is 24.2 Å². The number of H-pyrrole nitrogens is 1. The van der Waals surface area contributed by atoms with E-state index < -0.39 is 21.3 Å². The minimum atomic E-state index is -3.23. The van der Waals surface area contributed by atoms with E-state index in [1.807, 2.05) is 39.0 Å². The molecule has 11 nitrogen and oxygen atoms in total. The number of nitrogens with one attached hydrogen (secondary N) is 3. The number of hydrogen-bond acceptors (Lipinski definition) is 7. The molecule has 4 aromatic rings. The minimum absolute atomic E-state index is 0.0326. The lowest BCUT2D eigenvalue weighted by atomic mass is 10.1. The number of aromatic nitrogens is 4. The summed E-state index contributed by atoms with van der Waals surface area (Å²) in [7, 11) is -3.23. The molecular formula is C26H31BrN7O4S2-. The van der Waals surface area contributed by atoms with E-state index in [1.165, 1.54) is 0 Å². The molecule has 40 heavy (non-hydrogen) atoms. The number of hydrogen-bond donors (Lipinski definition) is 3. The molecule has 1 aliphatic heterocycles. The number of nitrogens with zero attached hydrogens (tertiary/aromatic N) is 4. The largest absolute Gasteiger partial charge is 0.760 e. The van der Waals surface area contributed by atoms with Crippen LogP contribution in [0.25, 0.3) is 28.2 Å². The summed E-state index contributed by atoms with van der Waals surface area (Å²) >= 11 is 1.29. The number of aromatic amines is 1. The average Bonchev–Trinajstić information content (AvgIpc) is 3.63. The van der Waals surface area contributed by atoms with Gasteiger partial charge in [0.05, 0.1) is 15.9 Å². The Bertz CT molecular complexity index is 1720. The van der Waals surface area contributed by atoms with Crippen LogP contribution in [-0.4, -0.2) is 65.9 Å². The second-order valence-corrected chi connectivity index (χ2v) is 13.8. The maximum atomic E-state index is 12.3.